The Balaban J connectivity index is 0.868. The Morgan fingerprint density at radius 3 is 1.52 bits per heavy atom. The van der Waals surface area contributed by atoms with Crippen molar-refractivity contribution in [3.63, 3.8) is 0 Å². The van der Waals surface area contributed by atoms with Crippen LogP contribution in [0.5, 0.6) is 0 Å². The molecule has 0 aromatic carbocycles. The maximum absolute atomic E-state index is 12.8. The van der Waals surface area contributed by atoms with Crippen LogP contribution in [-0.4, -0.2) is 71.3 Å². The first-order chi connectivity index (χ1) is 23.4. The maximum Gasteiger partial charge on any atom is 0.367 e. The molecule has 0 saturated carbocycles. The topological polar surface area (TPSA) is 166 Å². The van der Waals surface area contributed by atoms with Crippen LogP contribution < -0.4 is 11.4 Å². The highest BCUT2D eigenvalue weighted by molar-refractivity contribution is 7.12. The zero-order chi connectivity index (χ0) is 33.3. The van der Waals surface area contributed by atoms with Crippen LogP contribution in [0.15, 0.2) is 67.2 Å². The summed E-state index contributed by atoms with van der Waals surface area (Å²) in [6, 6.07) is 7.74. The van der Waals surface area contributed by atoms with Gasteiger partial charge in [0.15, 0.2) is 11.6 Å². The van der Waals surface area contributed by atoms with Crippen molar-refractivity contribution in [2.45, 2.75) is 78.6 Å². The van der Waals surface area contributed by atoms with Gasteiger partial charge in [0.25, 0.3) is 0 Å². The van der Waals surface area contributed by atoms with Crippen molar-refractivity contribution in [3.05, 3.63) is 101 Å². The lowest BCUT2D eigenvalue weighted by Crippen LogP contribution is -2.23. The number of thiophene rings is 2. The van der Waals surface area contributed by atoms with Gasteiger partial charge in [-0.25, -0.2) is 19.0 Å². The largest absolute Gasteiger partial charge is 0.367 e. The Morgan fingerprint density at radius 2 is 1.10 bits per heavy atom. The van der Waals surface area contributed by atoms with E-state index in [9.17, 15) is 9.59 Å². The number of rotatable bonds is 17. The average molecular weight is 689 g/mol. The molecule has 48 heavy (non-hydrogen) atoms. The van der Waals surface area contributed by atoms with Crippen molar-refractivity contribution in [1.82, 2.24) is 58.9 Å². The van der Waals surface area contributed by atoms with Crippen LogP contribution in [0.4, 0.5) is 0 Å². The molecule has 18 heteroatoms. The predicted octanol–water partition coefficient (Wildman–Crippen LogP) is 3.23. The summed E-state index contributed by atoms with van der Waals surface area (Å²) in [5.41, 5.74) is 0.725. The van der Waals surface area contributed by atoms with Crippen molar-refractivity contribution < 1.29 is 0 Å². The number of unbranched alkanes of at least 4 members (excludes halogenated alkanes) is 5. The van der Waals surface area contributed by atoms with Crippen molar-refractivity contribution in [3.8, 4) is 0 Å². The van der Waals surface area contributed by atoms with Crippen molar-refractivity contribution in [1.29, 1.82) is 0 Å². The van der Waals surface area contributed by atoms with Crippen molar-refractivity contribution >= 4 is 35.1 Å². The molecule has 0 spiro atoms. The third kappa shape index (κ3) is 8.43. The molecule has 16 nitrogen and oxygen atoms in total. The van der Waals surface area contributed by atoms with Crippen LogP contribution in [0.3, 0.4) is 0 Å². The fraction of sp³-hybridized carbons (Fsp3) is 0.400. The van der Waals surface area contributed by atoms with Gasteiger partial charge < -0.3 is 0 Å². The highest BCUT2D eigenvalue weighted by atomic mass is 32.1. The Hall–Kier alpha value is -5.10. The minimum atomic E-state index is -0.314. The smallest absolute Gasteiger partial charge is 0.252 e. The third-order valence-electron chi connectivity index (χ3n) is 7.46. The SMILES string of the molecule is Cc1nn(Cc2cn(CCCCCCCCn3cc(Cn4nc(C)n(/N=C/c5cccs5)c4=O)nn3)nn2)c(=O)n1/N=C/c1cccs1. The third-order valence-corrected chi connectivity index (χ3v) is 9.07. The fourth-order valence-corrected chi connectivity index (χ4v) is 6.21. The van der Waals surface area contributed by atoms with Gasteiger partial charge >= 0.3 is 11.4 Å². The maximum atomic E-state index is 12.8. The van der Waals surface area contributed by atoms with E-state index in [0.717, 1.165) is 61.4 Å². The molecule has 0 fully saturated rings. The van der Waals surface area contributed by atoms with Crippen LogP contribution in [-0.2, 0) is 26.2 Å². The molecule has 6 aromatic rings. The Labute approximate surface area is 283 Å². The van der Waals surface area contributed by atoms with Gasteiger partial charge in [0.2, 0.25) is 0 Å². The highest BCUT2D eigenvalue weighted by Crippen LogP contribution is 2.09. The van der Waals surface area contributed by atoms with Gasteiger partial charge in [-0.05, 0) is 49.6 Å². The second-order valence-electron chi connectivity index (χ2n) is 11.2. The van der Waals surface area contributed by atoms with Crippen LogP contribution in [0.2, 0.25) is 0 Å². The first kappa shape index (κ1) is 32.8. The Bertz CT molecular complexity index is 1920. The second-order valence-corrected chi connectivity index (χ2v) is 13.1. The van der Waals surface area contributed by atoms with Gasteiger partial charge in [-0.15, -0.1) is 32.9 Å². The fourth-order valence-electron chi connectivity index (χ4n) is 5.05. The zero-order valence-electron chi connectivity index (χ0n) is 26.7. The number of aryl methyl sites for hydroxylation is 4. The van der Waals surface area contributed by atoms with E-state index in [4.69, 9.17) is 0 Å². The summed E-state index contributed by atoms with van der Waals surface area (Å²) in [6.07, 6.45) is 13.5. The van der Waals surface area contributed by atoms with E-state index >= 15 is 0 Å². The first-order valence-electron chi connectivity index (χ1n) is 15.7. The molecule has 6 heterocycles. The molecule has 0 aliphatic heterocycles. The van der Waals surface area contributed by atoms with Gasteiger partial charge in [0.1, 0.15) is 11.4 Å². The number of hydrogen-bond donors (Lipinski definition) is 0. The van der Waals surface area contributed by atoms with Gasteiger partial charge in [-0.1, -0.05) is 48.2 Å². The first-order valence-corrected chi connectivity index (χ1v) is 17.5. The van der Waals surface area contributed by atoms with E-state index in [1.54, 1.807) is 49.0 Å². The number of nitrogens with zero attached hydrogens (tertiary/aromatic N) is 14. The lowest BCUT2D eigenvalue weighted by atomic mass is 10.1. The van der Waals surface area contributed by atoms with Crippen LogP contribution >= 0.6 is 22.7 Å². The summed E-state index contributed by atoms with van der Waals surface area (Å²) in [5.74, 6) is 1.02. The molecule has 0 atom stereocenters. The number of aromatic nitrogens is 12. The highest BCUT2D eigenvalue weighted by Gasteiger charge is 2.13. The van der Waals surface area contributed by atoms with Crippen LogP contribution in [0.25, 0.3) is 0 Å². The normalized spacial score (nSPS) is 12.0. The van der Waals surface area contributed by atoms with E-state index < -0.39 is 0 Å². The quantitative estimate of drug-likeness (QED) is 0.104. The number of hydrogen-bond acceptors (Lipinski definition) is 12. The second kappa shape index (κ2) is 15.7. The van der Waals surface area contributed by atoms with Crippen molar-refractivity contribution in [2.75, 3.05) is 0 Å². The molecule has 0 amide bonds. The molecule has 0 radical (unpaired) electrons. The van der Waals surface area contributed by atoms with Crippen LogP contribution in [0, 0.1) is 13.8 Å². The molecule has 6 aromatic heterocycles. The molecule has 250 valence electrons. The van der Waals surface area contributed by atoms with Crippen molar-refractivity contribution in [2.24, 2.45) is 10.2 Å². The molecular weight excluding hydrogens is 653 g/mol. The average Bonchev–Trinajstić information content (AvgIpc) is 3.93. The Morgan fingerprint density at radius 1 is 0.667 bits per heavy atom. The van der Waals surface area contributed by atoms with Gasteiger partial charge in [0.05, 0.1) is 37.9 Å². The molecular formula is C30H36N14O2S2. The molecule has 6 rings (SSSR count). The summed E-state index contributed by atoms with van der Waals surface area (Å²) in [5, 5.41) is 38.0. The summed E-state index contributed by atoms with van der Waals surface area (Å²) in [7, 11) is 0. The van der Waals surface area contributed by atoms with E-state index in [2.05, 4.69) is 41.0 Å². The molecule has 0 N–H and O–H groups in total. The standard InChI is InChI=1S/C30H36N14O2S2/c1-23-35-41(29(45)43(23)31-17-27-11-9-15-47-27)21-25-19-39(37-33-25)13-7-5-3-4-6-8-14-40-20-26(34-38-40)22-42-30(46)44(24(2)36-42)32-18-28-12-10-16-48-28/h9-12,15-20H,3-8,13-14,21-22H2,1-2H3/b31-17+,32-18+. The minimum absolute atomic E-state index is 0.239. The molecule has 0 aliphatic rings. The molecule has 0 saturated heterocycles. The van der Waals surface area contributed by atoms with Crippen LogP contribution in [0.1, 0.15) is 71.3 Å². The lowest BCUT2D eigenvalue weighted by molar-refractivity contribution is 0.493. The van der Waals surface area contributed by atoms with E-state index in [-0.39, 0.29) is 24.5 Å². The minimum Gasteiger partial charge on any atom is -0.252 e. The molecule has 0 aliphatic carbocycles. The monoisotopic (exact) mass is 688 g/mol. The predicted molar refractivity (Wildman–Crippen MR) is 183 cm³/mol. The Kier molecular flexibility index (Phi) is 10.7. The summed E-state index contributed by atoms with van der Waals surface area (Å²) >= 11 is 3.10. The molecule has 0 unspecified atom stereocenters. The van der Waals surface area contributed by atoms with Gasteiger partial charge in [-0.2, -0.15) is 29.8 Å². The van der Waals surface area contributed by atoms with E-state index in [1.807, 2.05) is 56.8 Å². The molecule has 0 bridgehead atoms. The van der Waals surface area contributed by atoms with Gasteiger partial charge in [0, 0.05) is 22.8 Å². The van der Waals surface area contributed by atoms with E-state index in [0.29, 0.717) is 23.0 Å². The summed E-state index contributed by atoms with van der Waals surface area (Å²) in [4.78, 5) is 27.5. The lowest BCUT2D eigenvalue weighted by Gasteiger charge is -2.03. The summed E-state index contributed by atoms with van der Waals surface area (Å²) in [6.45, 7) is 5.51. The van der Waals surface area contributed by atoms with E-state index in [1.165, 1.54) is 18.7 Å². The van der Waals surface area contributed by atoms with Gasteiger partial charge in [-0.3, -0.25) is 9.36 Å². The summed E-state index contributed by atoms with van der Waals surface area (Å²) < 4.78 is 8.94. The zero-order valence-corrected chi connectivity index (χ0v) is 28.4.